The summed E-state index contributed by atoms with van der Waals surface area (Å²) in [5.74, 6) is -0.613. The fourth-order valence-electron chi connectivity index (χ4n) is 8.38. The van der Waals surface area contributed by atoms with E-state index in [-0.39, 0.29) is 49.9 Å². The summed E-state index contributed by atoms with van der Waals surface area (Å²) >= 11 is 3.58. The summed E-state index contributed by atoms with van der Waals surface area (Å²) in [4.78, 5) is 46.5. The van der Waals surface area contributed by atoms with Crippen molar-refractivity contribution in [2.75, 3.05) is 29.6 Å². The van der Waals surface area contributed by atoms with E-state index in [1.54, 1.807) is 27.8 Å². The molecule has 4 heterocycles. The molecule has 0 radical (unpaired) electrons. The Hall–Kier alpha value is -3.58. The molecule has 1 spiro atoms. The number of benzene rings is 3. The van der Waals surface area contributed by atoms with Crippen molar-refractivity contribution in [1.82, 2.24) is 4.90 Å². The lowest BCUT2D eigenvalue weighted by atomic mass is 9.82. The molecule has 3 aromatic carbocycles. The summed E-state index contributed by atoms with van der Waals surface area (Å²) in [5, 5.41) is 9.85. The molecule has 5 atom stereocenters. The van der Waals surface area contributed by atoms with E-state index in [4.69, 9.17) is 9.47 Å². The van der Waals surface area contributed by atoms with Crippen LogP contribution in [0.5, 0.6) is 5.75 Å². The van der Waals surface area contributed by atoms with Crippen LogP contribution in [0, 0.1) is 5.92 Å². The maximum Gasteiger partial charge on any atom is 0.269 e. The number of aliphatic hydroxyl groups is 1. The van der Waals surface area contributed by atoms with Crippen molar-refractivity contribution in [2.24, 2.45) is 5.92 Å². The monoisotopic (exact) mass is 735 g/mol. The average Bonchev–Trinajstić information content (AvgIpc) is 3.71. The molecule has 12 heteroatoms. The molecule has 0 saturated carbocycles. The van der Waals surface area contributed by atoms with Crippen molar-refractivity contribution >= 4 is 59.1 Å². The van der Waals surface area contributed by atoms with Crippen LogP contribution in [-0.2, 0) is 31.3 Å². The first-order valence-electron chi connectivity index (χ1n) is 16.5. The lowest BCUT2D eigenvalue weighted by Gasteiger charge is -2.31. The van der Waals surface area contributed by atoms with Gasteiger partial charge in [-0.05, 0) is 74.0 Å². The topological polar surface area (TPSA) is 99.6 Å². The molecule has 1 N–H and O–H groups in total. The minimum atomic E-state index is -3.47. The Balaban J connectivity index is 1.23. The summed E-state index contributed by atoms with van der Waals surface area (Å²) in [6, 6.07) is 20.2. The van der Waals surface area contributed by atoms with Crippen molar-refractivity contribution in [1.29, 1.82) is 0 Å². The molecular formula is C36H39BrFN3O6Si. The molecule has 3 amide bonds. The van der Waals surface area contributed by atoms with E-state index in [1.807, 2.05) is 73.7 Å². The van der Waals surface area contributed by atoms with Gasteiger partial charge in [0.05, 0.1) is 43.1 Å². The van der Waals surface area contributed by atoms with Crippen LogP contribution in [0.1, 0.15) is 37.3 Å². The summed E-state index contributed by atoms with van der Waals surface area (Å²) in [6.07, 6.45) is 0.674. The Labute approximate surface area is 288 Å². The van der Waals surface area contributed by atoms with E-state index in [1.165, 1.54) is 0 Å². The van der Waals surface area contributed by atoms with E-state index in [0.717, 1.165) is 22.9 Å². The molecule has 0 bridgehead atoms. The smallest absolute Gasteiger partial charge is 0.269 e. The van der Waals surface area contributed by atoms with Crippen molar-refractivity contribution in [3.63, 3.8) is 0 Å². The first kappa shape index (κ1) is 32.9. The highest BCUT2D eigenvalue weighted by molar-refractivity contribution is 9.10. The van der Waals surface area contributed by atoms with E-state index < -0.39 is 31.6 Å². The van der Waals surface area contributed by atoms with Gasteiger partial charge in [0.15, 0.2) is 12.2 Å². The van der Waals surface area contributed by atoms with Crippen LogP contribution in [0.2, 0.25) is 18.6 Å². The largest absolute Gasteiger partial charge is 0.482 e. The van der Waals surface area contributed by atoms with Crippen molar-refractivity contribution in [3.05, 3.63) is 82.3 Å². The predicted octanol–water partition coefficient (Wildman–Crippen LogP) is 6.20. The minimum Gasteiger partial charge on any atom is -0.482 e. The maximum atomic E-state index is 16.3. The Kier molecular flexibility index (Phi) is 8.50. The molecule has 9 nitrogen and oxygen atoms in total. The van der Waals surface area contributed by atoms with Crippen LogP contribution in [0.4, 0.5) is 21.2 Å². The second-order valence-electron chi connectivity index (χ2n) is 13.7. The summed E-state index contributed by atoms with van der Waals surface area (Å²) in [6.45, 7) is 5.66. The number of ether oxygens (including phenoxy) is 2. The van der Waals surface area contributed by atoms with Gasteiger partial charge in [0.1, 0.15) is 5.75 Å². The highest BCUT2D eigenvalue weighted by Gasteiger charge is 2.67. The van der Waals surface area contributed by atoms with E-state index in [2.05, 4.69) is 15.9 Å². The molecule has 3 aromatic rings. The quantitative estimate of drug-likeness (QED) is 0.229. The van der Waals surface area contributed by atoms with Gasteiger partial charge < -0.3 is 28.5 Å². The zero-order valence-corrected chi connectivity index (χ0v) is 29.8. The van der Waals surface area contributed by atoms with Crippen molar-refractivity contribution in [3.8, 4) is 5.75 Å². The number of nitrogens with zero attached hydrogens (tertiary/aromatic N) is 3. The zero-order valence-electron chi connectivity index (χ0n) is 27.2. The number of rotatable bonds is 7. The fourth-order valence-corrected chi connectivity index (χ4v) is 11.2. The average molecular weight is 737 g/mol. The van der Waals surface area contributed by atoms with Crippen LogP contribution in [0.25, 0.3) is 0 Å². The number of hydrogen-bond acceptors (Lipinski definition) is 6. The molecule has 252 valence electrons. The lowest BCUT2D eigenvalue weighted by molar-refractivity contribution is -0.150. The highest BCUT2D eigenvalue weighted by atomic mass is 79.9. The number of carbonyl (C=O) groups is 3. The maximum absolute atomic E-state index is 16.3. The van der Waals surface area contributed by atoms with Gasteiger partial charge in [-0.15, -0.1) is 0 Å². The number of likely N-dealkylation sites (tertiary alicyclic amines) is 1. The van der Waals surface area contributed by atoms with Crippen LogP contribution in [-0.4, -0.2) is 68.0 Å². The van der Waals surface area contributed by atoms with Crippen LogP contribution in [0.3, 0.4) is 0 Å². The number of amides is 3. The molecule has 0 aliphatic carbocycles. The Morgan fingerprint density at radius 1 is 1.08 bits per heavy atom. The molecule has 2 saturated heterocycles. The number of carbonyl (C=O) groups excluding carboxylic acids is 3. The number of anilines is 3. The van der Waals surface area contributed by atoms with Gasteiger partial charge in [-0.1, -0.05) is 47.1 Å². The lowest BCUT2D eigenvalue weighted by Crippen LogP contribution is -2.45. The highest BCUT2D eigenvalue weighted by Crippen LogP contribution is 2.60. The number of halogens is 2. The standard InChI is InChI=1S/C36H39BrFN3O6Si/c1-22-34(48(2,3)38)31(18-32(43)39-15-7-10-26(39)20-42)47-36(22)27-17-24(37)13-14-28(27)40(35(36)45)19-23-8-6-9-25(16-23)41-29-11-4-5-12-30(29)46-21-33(41)44/h4-6,8-9,11-14,16-17,22,26,31,34,42H,7,10,15,18-21H2,1-3H3/t22-,26+,31+,34-,36+/m1/s1. The van der Waals surface area contributed by atoms with Gasteiger partial charge in [0.2, 0.25) is 14.3 Å². The number of hydrogen-bond donors (Lipinski definition) is 1. The molecule has 0 aromatic heterocycles. The first-order valence-corrected chi connectivity index (χ1v) is 20.2. The van der Waals surface area contributed by atoms with Gasteiger partial charge in [-0.25, -0.2) is 0 Å². The second kappa shape index (κ2) is 12.4. The Bertz CT molecular complexity index is 1790. The molecule has 7 rings (SSSR count). The first-order chi connectivity index (χ1) is 22.9. The van der Waals surface area contributed by atoms with Gasteiger partial charge in [-0.3, -0.25) is 19.3 Å². The van der Waals surface area contributed by atoms with Gasteiger partial charge in [0.25, 0.3) is 11.8 Å². The molecule has 4 aliphatic rings. The zero-order chi connectivity index (χ0) is 34.0. The van der Waals surface area contributed by atoms with Crippen LogP contribution < -0.4 is 14.5 Å². The number of aliphatic hydroxyl groups excluding tert-OH is 1. The van der Waals surface area contributed by atoms with Crippen molar-refractivity contribution < 1.29 is 33.1 Å². The molecule has 4 aliphatic heterocycles. The third-order valence-electron chi connectivity index (χ3n) is 10.4. The van der Waals surface area contributed by atoms with E-state index in [9.17, 15) is 19.5 Å². The van der Waals surface area contributed by atoms with Gasteiger partial charge in [0, 0.05) is 33.7 Å². The molecule has 48 heavy (non-hydrogen) atoms. The van der Waals surface area contributed by atoms with E-state index in [0.29, 0.717) is 34.9 Å². The van der Waals surface area contributed by atoms with E-state index >= 15 is 4.11 Å². The van der Waals surface area contributed by atoms with Crippen LogP contribution >= 0.6 is 15.9 Å². The SMILES string of the molecule is C[C@@H]1[C@@H]([Si](C)(C)F)[C@H](CC(=O)N2CCC[C@H]2CO)O[C@@]12C(=O)N(Cc1cccc(N3C(=O)COc4ccccc43)c1)c1ccc(Br)cc12. The summed E-state index contributed by atoms with van der Waals surface area (Å²) < 4.78 is 29.5. The van der Waals surface area contributed by atoms with Gasteiger partial charge in [-0.2, -0.15) is 0 Å². The molecule has 0 unspecified atom stereocenters. The Morgan fingerprint density at radius 3 is 2.65 bits per heavy atom. The summed E-state index contributed by atoms with van der Waals surface area (Å²) in [7, 11) is -3.47. The molecular weight excluding hydrogens is 697 g/mol. The van der Waals surface area contributed by atoms with Gasteiger partial charge >= 0.3 is 0 Å². The fraction of sp³-hybridized carbons (Fsp3) is 0.417. The normalized spacial score (nSPS) is 26.7. The minimum absolute atomic E-state index is 0.0542. The van der Waals surface area contributed by atoms with Crippen LogP contribution in [0.15, 0.2) is 71.2 Å². The van der Waals surface area contributed by atoms with Crippen molar-refractivity contribution in [2.45, 2.75) is 69.1 Å². The third-order valence-corrected chi connectivity index (χ3v) is 13.4. The molecule has 2 fully saturated rings. The second-order valence-corrected chi connectivity index (χ2v) is 18.5. The Morgan fingerprint density at radius 2 is 1.88 bits per heavy atom. The number of fused-ring (bicyclic) bond motifs is 3. The third kappa shape index (κ3) is 5.37. The predicted molar refractivity (Wildman–Crippen MR) is 185 cm³/mol. The number of para-hydroxylation sites is 2. The summed E-state index contributed by atoms with van der Waals surface area (Å²) in [5.41, 5.74) is 1.30.